The summed E-state index contributed by atoms with van der Waals surface area (Å²) in [6.07, 6.45) is 0.262. The van der Waals surface area contributed by atoms with Crippen molar-refractivity contribution in [3.8, 4) is 11.4 Å². The lowest BCUT2D eigenvalue weighted by molar-refractivity contribution is -0.122. The highest BCUT2D eigenvalue weighted by Gasteiger charge is 2.18. The zero-order chi connectivity index (χ0) is 19.4. The summed E-state index contributed by atoms with van der Waals surface area (Å²) in [5, 5.41) is 7.19. The molecule has 1 aromatic heterocycles. The molecule has 0 spiro atoms. The number of benzene rings is 2. The van der Waals surface area contributed by atoms with Gasteiger partial charge in [0.2, 0.25) is 0 Å². The third kappa shape index (κ3) is 4.53. The van der Waals surface area contributed by atoms with Gasteiger partial charge in [-0.1, -0.05) is 19.1 Å². The molecule has 2 aromatic carbocycles. The first-order valence-electron chi connectivity index (χ1n) is 8.85. The van der Waals surface area contributed by atoms with Crippen LogP contribution >= 0.6 is 0 Å². The number of rotatable bonds is 6. The third-order valence-electron chi connectivity index (χ3n) is 4.17. The zero-order valence-electron chi connectivity index (χ0n) is 15.6. The van der Waals surface area contributed by atoms with Gasteiger partial charge in [-0.2, -0.15) is 5.10 Å². The van der Waals surface area contributed by atoms with Crippen molar-refractivity contribution in [3.05, 3.63) is 71.7 Å². The SMILES string of the molecule is CCc1ccc(OC(C)C(=O)Nc2cc(C)nn2-c2ccc(F)cc2)cc1. The van der Waals surface area contributed by atoms with Crippen LogP contribution in [0.15, 0.2) is 54.6 Å². The van der Waals surface area contributed by atoms with E-state index < -0.39 is 6.10 Å². The minimum absolute atomic E-state index is 0.294. The summed E-state index contributed by atoms with van der Waals surface area (Å²) in [4.78, 5) is 12.5. The van der Waals surface area contributed by atoms with Gasteiger partial charge in [-0.3, -0.25) is 4.79 Å². The minimum atomic E-state index is -0.686. The van der Waals surface area contributed by atoms with Crippen molar-refractivity contribution in [2.75, 3.05) is 5.32 Å². The molecule has 0 fully saturated rings. The van der Waals surface area contributed by atoms with Gasteiger partial charge in [0, 0.05) is 6.07 Å². The highest BCUT2D eigenvalue weighted by atomic mass is 19.1. The van der Waals surface area contributed by atoms with Crippen LogP contribution in [0, 0.1) is 12.7 Å². The van der Waals surface area contributed by atoms with Crippen LogP contribution in [0.2, 0.25) is 0 Å². The Labute approximate surface area is 157 Å². The lowest BCUT2D eigenvalue weighted by Gasteiger charge is -2.15. The lowest BCUT2D eigenvalue weighted by Crippen LogP contribution is -2.31. The quantitative estimate of drug-likeness (QED) is 0.707. The van der Waals surface area contributed by atoms with E-state index in [1.807, 2.05) is 31.2 Å². The summed E-state index contributed by atoms with van der Waals surface area (Å²) in [6.45, 7) is 5.59. The molecular weight excluding hydrogens is 345 g/mol. The van der Waals surface area contributed by atoms with E-state index in [1.165, 1.54) is 17.7 Å². The number of carbonyl (C=O) groups excluding carboxylic acids is 1. The van der Waals surface area contributed by atoms with Crippen molar-refractivity contribution in [1.29, 1.82) is 0 Å². The predicted octanol–water partition coefficient (Wildman–Crippen LogP) is 4.29. The van der Waals surface area contributed by atoms with Gasteiger partial charge in [0.05, 0.1) is 11.4 Å². The maximum Gasteiger partial charge on any atom is 0.266 e. The van der Waals surface area contributed by atoms with Gasteiger partial charge < -0.3 is 10.1 Å². The number of aromatic nitrogens is 2. The molecule has 1 N–H and O–H groups in total. The van der Waals surface area contributed by atoms with Gasteiger partial charge in [-0.05, 0) is 62.2 Å². The van der Waals surface area contributed by atoms with Gasteiger partial charge in [0.15, 0.2) is 6.10 Å². The van der Waals surface area contributed by atoms with Crippen molar-refractivity contribution in [2.45, 2.75) is 33.3 Å². The summed E-state index contributed by atoms with van der Waals surface area (Å²) in [5.74, 6) is 0.515. The molecule has 0 aliphatic rings. The molecule has 140 valence electrons. The van der Waals surface area contributed by atoms with Crippen molar-refractivity contribution in [2.24, 2.45) is 0 Å². The minimum Gasteiger partial charge on any atom is -0.481 e. The van der Waals surface area contributed by atoms with Crippen molar-refractivity contribution >= 4 is 11.7 Å². The van der Waals surface area contributed by atoms with Crippen molar-refractivity contribution in [3.63, 3.8) is 0 Å². The number of nitrogens with zero attached hydrogens (tertiary/aromatic N) is 2. The topological polar surface area (TPSA) is 56.1 Å². The normalized spacial score (nSPS) is 11.9. The lowest BCUT2D eigenvalue weighted by atomic mass is 10.2. The number of nitrogens with one attached hydrogen (secondary N) is 1. The van der Waals surface area contributed by atoms with E-state index in [-0.39, 0.29) is 11.7 Å². The molecule has 1 atom stereocenters. The summed E-state index contributed by atoms with van der Waals surface area (Å²) in [5.41, 5.74) is 2.60. The van der Waals surface area contributed by atoms with Crippen LogP contribution in [0.4, 0.5) is 10.2 Å². The third-order valence-corrected chi connectivity index (χ3v) is 4.17. The van der Waals surface area contributed by atoms with Gasteiger partial charge in [-0.25, -0.2) is 9.07 Å². The Hall–Kier alpha value is -3.15. The molecule has 5 nitrogen and oxygen atoms in total. The predicted molar refractivity (Wildman–Crippen MR) is 103 cm³/mol. The molecule has 3 aromatic rings. The molecular formula is C21H22FN3O2. The average molecular weight is 367 g/mol. The second-order valence-electron chi connectivity index (χ2n) is 6.31. The number of hydrogen-bond donors (Lipinski definition) is 1. The average Bonchev–Trinajstić information content (AvgIpc) is 3.03. The molecule has 27 heavy (non-hydrogen) atoms. The number of hydrogen-bond acceptors (Lipinski definition) is 3. The summed E-state index contributed by atoms with van der Waals surface area (Å²) < 4.78 is 20.5. The Kier molecular flexibility index (Phi) is 5.54. The number of amides is 1. The molecule has 0 aliphatic carbocycles. The molecule has 1 heterocycles. The van der Waals surface area contributed by atoms with E-state index in [1.54, 1.807) is 29.8 Å². The molecule has 0 saturated heterocycles. The fourth-order valence-electron chi connectivity index (χ4n) is 2.66. The van der Waals surface area contributed by atoms with Crippen LogP contribution in [0.25, 0.3) is 5.69 Å². The Morgan fingerprint density at radius 3 is 2.48 bits per heavy atom. The van der Waals surface area contributed by atoms with Gasteiger partial charge >= 0.3 is 0 Å². The largest absolute Gasteiger partial charge is 0.481 e. The van der Waals surface area contributed by atoms with Crippen LogP contribution in [-0.2, 0) is 11.2 Å². The molecule has 3 rings (SSSR count). The smallest absolute Gasteiger partial charge is 0.266 e. The van der Waals surface area contributed by atoms with Crippen LogP contribution in [0.3, 0.4) is 0 Å². The van der Waals surface area contributed by atoms with E-state index in [9.17, 15) is 9.18 Å². The molecule has 1 unspecified atom stereocenters. The highest BCUT2D eigenvalue weighted by Crippen LogP contribution is 2.19. The Morgan fingerprint density at radius 2 is 1.85 bits per heavy atom. The van der Waals surface area contributed by atoms with Crippen molar-refractivity contribution in [1.82, 2.24) is 9.78 Å². The van der Waals surface area contributed by atoms with Crippen LogP contribution in [0.1, 0.15) is 25.1 Å². The molecule has 6 heteroatoms. The highest BCUT2D eigenvalue weighted by molar-refractivity contribution is 5.93. The van der Waals surface area contributed by atoms with E-state index in [4.69, 9.17) is 4.74 Å². The van der Waals surface area contributed by atoms with Crippen LogP contribution in [-0.4, -0.2) is 21.8 Å². The molecule has 0 aliphatic heterocycles. The Bertz CT molecular complexity index is 918. The molecule has 0 bridgehead atoms. The number of carbonyl (C=O) groups is 1. The Balaban J connectivity index is 1.72. The van der Waals surface area contributed by atoms with E-state index in [0.29, 0.717) is 17.3 Å². The van der Waals surface area contributed by atoms with Crippen LogP contribution in [0.5, 0.6) is 5.75 Å². The van der Waals surface area contributed by atoms with E-state index in [2.05, 4.69) is 17.3 Å². The second-order valence-corrected chi connectivity index (χ2v) is 6.31. The summed E-state index contributed by atoms with van der Waals surface area (Å²) >= 11 is 0. The standard InChI is InChI=1S/C21H22FN3O2/c1-4-16-5-11-19(12-6-16)27-15(3)21(26)23-20-13-14(2)24-25(20)18-9-7-17(22)8-10-18/h5-13,15H,4H2,1-3H3,(H,23,26). The second kappa shape index (κ2) is 8.03. The molecule has 0 radical (unpaired) electrons. The number of anilines is 1. The number of ether oxygens (including phenoxy) is 1. The van der Waals surface area contributed by atoms with E-state index in [0.717, 1.165) is 12.1 Å². The van der Waals surface area contributed by atoms with Crippen molar-refractivity contribution < 1.29 is 13.9 Å². The summed E-state index contributed by atoms with van der Waals surface area (Å²) in [6, 6.07) is 15.3. The summed E-state index contributed by atoms with van der Waals surface area (Å²) in [7, 11) is 0. The van der Waals surface area contributed by atoms with Gasteiger partial charge in [0.25, 0.3) is 5.91 Å². The van der Waals surface area contributed by atoms with E-state index >= 15 is 0 Å². The first kappa shape index (κ1) is 18.6. The molecule has 1 amide bonds. The van der Waals surface area contributed by atoms with Gasteiger partial charge in [-0.15, -0.1) is 0 Å². The number of halogens is 1. The zero-order valence-corrected chi connectivity index (χ0v) is 15.6. The van der Waals surface area contributed by atoms with Crippen LogP contribution < -0.4 is 10.1 Å². The first-order chi connectivity index (χ1) is 13.0. The van der Waals surface area contributed by atoms with Gasteiger partial charge in [0.1, 0.15) is 17.4 Å². The monoisotopic (exact) mass is 367 g/mol. The fourth-order valence-corrected chi connectivity index (χ4v) is 2.66. The maximum atomic E-state index is 13.2. The first-order valence-corrected chi connectivity index (χ1v) is 8.85. The Morgan fingerprint density at radius 1 is 1.19 bits per heavy atom. The number of aryl methyl sites for hydroxylation is 2. The fraction of sp³-hybridized carbons (Fsp3) is 0.238. The molecule has 0 saturated carbocycles. The maximum absolute atomic E-state index is 13.2.